The fraction of sp³-hybridized carbons (Fsp3) is 0.500. The van der Waals surface area contributed by atoms with Gasteiger partial charge in [0, 0.05) is 19.7 Å². The van der Waals surface area contributed by atoms with Gasteiger partial charge in [0.05, 0.1) is 13.0 Å². The Bertz CT molecular complexity index is 476. The van der Waals surface area contributed by atoms with Gasteiger partial charge in [0.25, 0.3) is 0 Å². The van der Waals surface area contributed by atoms with Gasteiger partial charge in [-0.2, -0.15) is 0 Å². The number of amides is 2. The predicted octanol–water partition coefficient (Wildman–Crippen LogP) is 0.576. The van der Waals surface area contributed by atoms with E-state index < -0.39 is 0 Å². The molecule has 1 fully saturated rings. The Kier molecular flexibility index (Phi) is 5.75. The molecule has 1 heterocycles. The summed E-state index contributed by atoms with van der Waals surface area (Å²) in [4.78, 5) is 25.6. The smallest absolute Gasteiger partial charge is 0.241 e. The highest BCUT2D eigenvalue weighted by molar-refractivity contribution is 5.85. The monoisotopic (exact) mass is 290 g/mol. The van der Waals surface area contributed by atoms with E-state index in [9.17, 15) is 9.59 Å². The fourth-order valence-electron chi connectivity index (χ4n) is 2.57. The molecular formula is C16H22N2O3. The van der Waals surface area contributed by atoms with Gasteiger partial charge in [0.15, 0.2) is 0 Å². The Labute approximate surface area is 125 Å². The van der Waals surface area contributed by atoms with Crippen molar-refractivity contribution in [3.63, 3.8) is 0 Å². The number of aliphatic hydroxyl groups excluding tert-OH is 1. The number of nitrogens with zero attached hydrogens (tertiary/aromatic N) is 1. The average molecular weight is 290 g/mol. The predicted molar refractivity (Wildman–Crippen MR) is 79.5 cm³/mol. The van der Waals surface area contributed by atoms with Gasteiger partial charge in [-0.3, -0.25) is 9.59 Å². The first-order valence-electron chi connectivity index (χ1n) is 7.38. The average Bonchev–Trinajstić information content (AvgIpc) is 2.53. The summed E-state index contributed by atoms with van der Waals surface area (Å²) in [6.45, 7) is 1.45. The summed E-state index contributed by atoms with van der Waals surface area (Å²) in [5.41, 5.74) is 0.931. The van der Waals surface area contributed by atoms with Crippen LogP contribution in [0.3, 0.4) is 0 Å². The zero-order valence-corrected chi connectivity index (χ0v) is 12.1. The van der Waals surface area contributed by atoms with Crippen LogP contribution >= 0.6 is 0 Å². The van der Waals surface area contributed by atoms with Crippen molar-refractivity contribution in [3.05, 3.63) is 35.9 Å². The van der Waals surface area contributed by atoms with Gasteiger partial charge in [-0.25, -0.2) is 0 Å². The van der Waals surface area contributed by atoms with Crippen molar-refractivity contribution in [1.29, 1.82) is 0 Å². The molecular weight excluding hydrogens is 268 g/mol. The highest BCUT2D eigenvalue weighted by Gasteiger charge is 2.23. The summed E-state index contributed by atoms with van der Waals surface area (Å²) in [6.07, 6.45) is 2.16. The maximum absolute atomic E-state index is 12.0. The Hall–Kier alpha value is -1.88. The number of piperidine rings is 1. The minimum Gasteiger partial charge on any atom is -0.396 e. The van der Waals surface area contributed by atoms with Crippen LogP contribution in [0, 0.1) is 5.92 Å². The number of carbonyl (C=O) groups is 2. The second-order valence-corrected chi connectivity index (χ2v) is 5.47. The lowest BCUT2D eigenvalue weighted by atomic mass is 9.99. The van der Waals surface area contributed by atoms with Crippen molar-refractivity contribution in [2.75, 3.05) is 26.2 Å². The summed E-state index contributed by atoms with van der Waals surface area (Å²) in [6, 6.07) is 9.45. The number of benzene rings is 1. The van der Waals surface area contributed by atoms with Crippen molar-refractivity contribution < 1.29 is 14.7 Å². The van der Waals surface area contributed by atoms with E-state index in [2.05, 4.69) is 5.32 Å². The molecule has 0 aliphatic carbocycles. The van der Waals surface area contributed by atoms with Crippen molar-refractivity contribution in [3.8, 4) is 0 Å². The molecule has 0 radical (unpaired) electrons. The molecule has 5 nitrogen and oxygen atoms in total. The quantitative estimate of drug-likeness (QED) is 0.833. The molecule has 1 aromatic carbocycles. The second-order valence-electron chi connectivity index (χ2n) is 5.47. The normalized spacial score (nSPS) is 18.3. The Morgan fingerprint density at radius 3 is 2.76 bits per heavy atom. The molecule has 1 aromatic rings. The standard InChI is InChI=1S/C16H22N2O3/c19-12-14-7-4-8-18(11-14)16(21)10-17-15(20)9-13-5-2-1-3-6-13/h1-3,5-6,14,19H,4,7-12H2,(H,17,20). The van der Waals surface area contributed by atoms with Crippen LogP contribution in [0.25, 0.3) is 0 Å². The van der Waals surface area contributed by atoms with Crippen LogP contribution in [0.5, 0.6) is 0 Å². The maximum Gasteiger partial charge on any atom is 0.241 e. The third-order valence-corrected chi connectivity index (χ3v) is 3.77. The number of nitrogens with one attached hydrogen (secondary N) is 1. The number of likely N-dealkylation sites (tertiary alicyclic amines) is 1. The summed E-state index contributed by atoms with van der Waals surface area (Å²) in [5.74, 6) is -0.0532. The lowest BCUT2D eigenvalue weighted by Crippen LogP contribution is -2.45. The van der Waals surface area contributed by atoms with Crippen LogP contribution in [0.15, 0.2) is 30.3 Å². The van der Waals surface area contributed by atoms with Crippen LogP contribution in [-0.2, 0) is 16.0 Å². The molecule has 2 N–H and O–H groups in total. The molecule has 2 rings (SSSR count). The topological polar surface area (TPSA) is 69.6 Å². The van der Waals surface area contributed by atoms with E-state index in [0.29, 0.717) is 13.1 Å². The van der Waals surface area contributed by atoms with E-state index >= 15 is 0 Å². The minimum atomic E-state index is -0.148. The van der Waals surface area contributed by atoms with Crippen molar-refractivity contribution >= 4 is 11.8 Å². The number of hydrogen-bond donors (Lipinski definition) is 2. The molecule has 0 saturated carbocycles. The number of aliphatic hydroxyl groups is 1. The third-order valence-electron chi connectivity index (χ3n) is 3.77. The van der Waals surface area contributed by atoms with Crippen molar-refractivity contribution in [1.82, 2.24) is 10.2 Å². The highest BCUT2D eigenvalue weighted by Crippen LogP contribution is 2.15. The van der Waals surface area contributed by atoms with E-state index in [1.54, 1.807) is 4.90 Å². The first kappa shape index (κ1) is 15.5. The number of carbonyl (C=O) groups excluding carboxylic acids is 2. The van der Waals surface area contributed by atoms with Crippen LogP contribution in [-0.4, -0.2) is 48.1 Å². The Morgan fingerprint density at radius 2 is 2.05 bits per heavy atom. The molecule has 0 bridgehead atoms. The van der Waals surface area contributed by atoms with E-state index in [0.717, 1.165) is 18.4 Å². The van der Waals surface area contributed by atoms with Crippen LogP contribution in [0.1, 0.15) is 18.4 Å². The molecule has 0 spiro atoms. The highest BCUT2D eigenvalue weighted by atomic mass is 16.3. The minimum absolute atomic E-state index is 0.0316. The molecule has 5 heteroatoms. The first-order valence-corrected chi connectivity index (χ1v) is 7.38. The third kappa shape index (κ3) is 4.86. The molecule has 1 saturated heterocycles. The molecule has 21 heavy (non-hydrogen) atoms. The van der Waals surface area contributed by atoms with Crippen LogP contribution < -0.4 is 5.32 Å². The summed E-state index contributed by atoms with van der Waals surface area (Å²) >= 11 is 0. The summed E-state index contributed by atoms with van der Waals surface area (Å²) in [7, 11) is 0. The molecule has 0 aromatic heterocycles. The van der Waals surface area contributed by atoms with Gasteiger partial charge in [0.1, 0.15) is 0 Å². The lowest BCUT2D eigenvalue weighted by molar-refractivity contribution is -0.134. The largest absolute Gasteiger partial charge is 0.396 e. The van der Waals surface area contributed by atoms with E-state index in [1.807, 2.05) is 30.3 Å². The van der Waals surface area contributed by atoms with Gasteiger partial charge in [0.2, 0.25) is 11.8 Å². The summed E-state index contributed by atoms with van der Waals surface area (Å²) < 4.78 is 0. The molecule has 1 aliphatic heterocycles. The van der Waals surface area contributed by atoms with Gasteiger partial charge >= 0.3 is 0 Å². The van der Waals surface area contributed by atoms with E-state index in [1.165, 1.54) is 0 Å². The lowest BCUT2D eigenvalue weighted by Gasteiger charge is -2.31. The van der Waals surface area contributed by atoms with E-state index in [-0.39, 0.29) is 37.3 Å². The molecule has 1 atom stereocenters. The number of rotatable bonds is 5. The van der Waals surface area contributed by atoms with Crippen molar-refractivity contribution in [2.45, 2.75) is 19.3 Å². The zero-order chi connectivity index (χ0) is 15.1. The molecule has 1 aliphatic rings. The van der Waals surface area contributed by atoms with Gasteiger partial charge in [-0.15, -0.1) is 0 Å². The SMILES string of the molecule is O=C(Cc1ccccc1)NCC(=O)N1CCCC(CO)C1. The van der Waals surface area contributed by atoms with Gasteiger partial charge in [-0.05, 0) is 24.3 Å². The maximum atomic E-state index is 12.0. The van der Waals surface area contributed by atoms with Gasteiger partial charge in [-0.1, -0.05) is 30.3 Å². The molecule has 2 amide bonds. The first-order chi connectivity index (χ1) is 10.2. The molecule has 1 unspecified atom stereocenters. The fourth-order valence-corrected chi connectivity index (χ4v) is 2.57. The Balaban J connectivity index is 1.74. The zero-order valence-electron chi connectivity index (χ0n) is 12.1. The summed E-state index contributed by atoms with van der Waals surface area (Å²) in [5, 5.41) is 11.8. The molecule has 114 valence electrons. The Morgan fingerprint density at radius 1 is 1.29 bits per heavy atom. The van der Waals surface area contributed by atoms with Crippen LogP contribution in [0.4, 0.5) is 0 Å². The van der Waals surface area contributed by atoms with Crippen LogP contribution in [0.2, 0.25) is 0 Å². The van der Waals surface area contributed by atoms with Crippen molar-refractivity contribution in [2.24, 2.45) is 5.92 Å². The second kappa shape index (κ2) is 7.78. The van der Waals surface area contributed by atoms with Gasteiger partial charge < -0.3 is 15.3 Å². The number of hydrogen-bond acceptors (Lipinski definition) is 3. The van der Waals surface area contributed by atoms with E-state index in [4.69, 9.17) is 5.11 Å².